The lowest BCUT2D eigenvalue weighted by atomic mass is 10.1. The lowest BCUT2D eigenvalue weighted by Crippen LogP contribution is -2.32. The van der Waals surface area contributed by atoms with Gasteiger partial charge in [-0.1, -0.05) is 18.2 Å². The van der Waals surface area contributed by atoms with Gasteiger partial charge in [0.15, 0.2) is 0 Å². The monoisotopic (exact) mass is 323 g/mol. The van der Waals surface area contributed by atoms with Gasteiger partial charge < -0.3 is 15.5 Å². The van der Waals surface area contributed by atoms with Crippen LogP contribution in [0.1, 0.15) is 26.2 Å². The quantitative estimate of drug-likeness (QED) is 0.870. The van der Waals surface area contributed by atoms with Crippen LogP contribution in [0, 0.1) is 0 Å². The van der Waals surface area contributed by atoms with Crippen molar-refractivity contribution in [1.82, 2.24) is 0 Å². The molecule has 0 radical (unpaired) electrons. The van der Waals surface area contributed by atoms with Crippen molar-refractivity contribution in [2.75, 3.05) is 28.6 Å². The van der Waals surface area contributed by atoms with Gasteiger partial charge in [0.05, 0.1) is 0 Å². The van der Waals surface area contributed by atoms with Crippen molar-refractivity contribution in [3.8, 4) is 0 Å². The molecule has 3 rings (SSSR count). The molecule has 0 spiro atoms. The van der Waals surface area contributed by atoms with Gasteiger partial charge in [-0.2, -0.15) is 0 Å². The van der Waals surface area contributed by atoms with Crippen LogP contribution in [0.25, 0.3) is 0 Å². The van der Waals surface area contributed by atoms with Gasteiger partial charge in [-0.25, -0.2) is 0 Å². The molecular weight excluding hydrogens is 298 g/mol. The van der Waals surface area contributed by atoms with Crippen LogP contribution in [-0.4, -0.2) is 25.0 Å². The lowest BCUT2D eigenvalue weighted by molar-refractivity contribution is -0.116. The van der Waals surface area contributed by atoms with Gasteiger partial charge >= 0.3 is 0 Å². The van der Waals surface area contributed by atoms with E-state index in [1.165, 1.54) is 24.9 Å². The largest absolute Gasteiger partial charge is 0.374 e. The molecule has 1 heterocycles. The van der Waals surface area contributed by atoms with E-state index < -0.39 is 0 Å². The summed E-state index contributed by atoms with van der Waals surface area (Å²) in [7, 11) is 0. The molecule has 0 aliphatic carbocycles. The SMILES string of the molecule is CC(Nc1ccc(N2CCCCC2)cc1)C(=O)Nc1ccccc1. The molecular formula is C20H25N3O. The molecule has 1 fully saturated rings. The number of rotatable bonds is 5. The van der Waals surface area contributed by atoms with Crippen molar-refractivity contribution < 1.29 is 4.79 Å². The van der Waals surface area contributed by atoms with Crippen molar-refractivity contribution in [2.24, 2.45) is 0 Å². The number of para-hydroxylation sites is 1. The van der Waals surface area contributed by atoms with Crippen molar-refractivity contribution in [1.29, 1.82) is 0 Å². The third-order valence-electron chi connectivity index (χ3n) is 4.41. The van der Waals surface area contributed by atoms with Crippen LogP contribution in [-0.2, 0) is 4.79 Å². The Balaban J connectivity index is 1.55. The first kappa shape index (κ1) is 16.4. The molecule has 4 nitrogen and oxygen atoms in total. The topological polar surface area (TPSA) is 44.4 Å². The van der Waals surface area contributed by atoms with E-state index in [9.17, 15) is 4.79 Å². The van der Waals surface area contributed by atoms with Gasteiger partial charge in [-0.05, 0) is 62.6 Å². The number of benzene rings is 2. The molecule has 1 amide bonds. The molecule has 126 valence electrons. The lowest BCUT2D eigenvalue weighted by Gasteiger charge is -2.29. The zero-order valence-electron chi connectivity index (χ0n) is 14.2. The summed E-state index contributed by atoms with van der Waals surface area (Å²) in [5.41, 5.74) is 3.05. The minimum atomic E-state index is -0.300. The Morgan fingerprint density at radius 1 is 0.917 bits per heavy atom. The number of hydrogen-bond donors (Lipinski definition) is 2. The highest BCUT2D eigenvalue weighted by Gasteiger charge is 2.14. The number of hydrogen-bond acceptors (Lipinski definition) is 3. The van der Waals surface area contributed by atoms with Gasteiger partial charge in [-0.15, -0.1) is 0 Å². The first-order valence-electron chi connectivity index (χ1n) is 8.70. The maximum Gasteiger partial charge on any atom is 0.246 e. The number of nitrogens with zero attached hydrogens (tertiary/aromatic N) is 1. The fraction of sp³-hybridized carbons (Fsp3) is 0.350. The van der Waals surface area contributed by atoms with E-state index in [1.54, 1.807) is 0 Å². The number of amides is 1. The van der Waals surface area contributed by atoms with Gasteiger partial charge in [0, 0.05) is 30.2 Å². The van der Waals surface area contributed by atoms with Gasteiger partial charge in [0.25, 0.3) is 0 Å². The maximum absolute atomic E-state index is 12.2. The number of carbonyl (C=O) groups excluding carboxylic acids is 1. The van der Waals surface area contributed by atoms with Crippen molar-refractivity contribution >= 4 is 23.0 Å². The van der Waals surface area contributed by atoms with Gasteiger partial charge in [0.2, 0.25) is 5.91 Å². The average Bonchev–Trinajstić information content (AvgIpc) is 2.64. The first-order valence-corrected chi connectivity index (χ1v) is 8.70. The number of nitrogens with one attached hydrogen (secondary N) is 2. The zero-order valence-corrected chi connectivity index (χ0v) is 14.2. The smallest absolute Gasteiger partial charge is 0.246 e. The Morgan fingerprint density at radius 3 is 2.25 bits per heavy atom. The molecule has 1 aliphatic heterocycles. The van der Waals surface area contributed by atoms with Crippen LogP contribution in [0.2, 0.25) is 0 Å². The summed E-state index contributed by atoms with van der Waals surface area (Å²) in [6.07, 6.45) is 3.89. The van der Waals surface area contributed by atoms with Crippen LogP contribution >= 0.6 is 0 Å². The second-order valence-corrected chi connectivity index (χ2v) is 6.32. The molecule has 1 unspecified atom stereocenters. The Kier molecular flexibility index (Phi) is 5.36. The molecule has 2 N–H and O–H groups in total. The summed E-state index contributed by atoms with van der Waals surface area (Å²) in [6.45, 7) is 4.15. The molecule has 1 atom stereocenters. The normalized spacial score (nSPS) is 15.6. The van der Waals surface area contributed by atoms with E-state index in [2.05, 4.69) is 39.8 Å². The highest BCUT2D eigenvalue weighted by molar-refractivity contribution is 5.96. The molecule has 1 aliphatic rings. The van der Waals surface area contributed by atoms with Crippen LogP contribution in [0.15, 0.2) is 54.6 Å². The highest BCUT2D eigenvalue weighted by atomic mass is 16.2. The Bertz CT molecular complexity index is 648. The Morgan fingerprint density at radius 2 is 1.58 bits per heavy atom. The van der Waals surface area contributed by atoms with Crippen LogP contribution < -0.4 is 15.5 Å². The number of piperidine rings is 1. The minimum absolute atomic E-state index is 0.0405. The second-order valence-electron chi connectivity index (χ2n) is 6.32. The summed E-state index contributed by atoms with van der Waals surface area (Å²) in [5, 5.41) is 6.18. The summed E-state index contributed by atoms with van der Waals surface area (Å²) < 4.78 is 0. The zero-order chi connectivity index (χ0) is 16.8. The predicted molar refractivity (Wildman–Crippen MR) is 101 cm³/mol. The van der Waals surface area contributed by atoms with Crippen LogP contribution in [0.4, 0.5) is 17.1 Å². The third kappa shape index (κ3) is 4.28. The second kappa shape index (κ2) is 7.86. The molecule has 1 saturated heterocycles. The molecule has 2 aromatic carbocycles. The molecule has 24 heavy (non-hydrogen) atoms. The number of anilines is 3. The Hall–Kier alpha value is -2.49. The average molecular weight is 323 g/mol. The standard InChI is InChI=1S/C20H25N3O/c1-16(20(24)22-17-8-4-2-5-9-17)21-18-10-12-19(13-11-18)23-14-6-3-7-15-23/h2,4-5,8-13,16,21H,3,6-7,14-15H2,1H3,(H,22,24). The van der Waals surface area contributed by atoms with E-state index in [1.807, 2.05) is 37.3 Å². The van der Waals surface area contributed by atoms with E-state index in [0.29, 0.717) is 0 Å². The van der Waals surface area contributed by atoms with Crippen molar-refractivity contribution in [3.63, 3.8) is 0 Å². The summed E-state index contributed by atoms with van der Waals surface area (Å²) in [4.78, 5) is 14.7. The van der Waals surface area contributed by atoms with Crippen LogP contribution in [0.5, 0.6) is 0 Å². The molecule has 2 aromatic rings. The van der Waals surface area contributed by atoms with E-state index in [0.717, 1.165) is 24.5 Å². The van der Waals surface area contributed by atoms with Crippen LogP contribution in [0.3, 0.4) is 0 Å². The first-order chi connectivity index (χ1) is 11.7. The van der Waals surface area contributed by atoms with Gasteiger partial charge in [-0.3, -0.25) is 4.79 Å². The van der Waals surface area contributed by atoms with Gasteiger partial charge in [0.1, 0.15) is 6.04 Å². The maximum atomic E-state index is 12.2. The minimum Gasteiger partial charge on any atom is -0.374 e. The summed E-state index contributed by atoms with van der Waals surface area (Å²) >= 11 is 0. The summed E-state index contributed by atoms with van der Waals surface area (Å²) in [5.74, 6) is -0.0405. The molecule has 4 heteroatoms. The van der Waals surface area contributed by atoms with E-state index in [-0.39, 0.29) is 11.9 Å². The van der Waals surface area contributed by atoms with E-state index >= 15 is 0 Å². The van der Waals surface area contributed by atoms with E-state index in [4.69, 9.17) is 0 Å². The molecule has 0 saturated carbocycles. The van der Waals surface area contributed by atoms with Crippen molar-refractivity contribution in [2.45, 2.75) is 32.2 Å². The summed E-state index contributed by atoms with van der Waals surface area (Å²) in [6, 6.07) is 17.6. The fourth-order valence-corrected chi connectivity index (χ4v) is 3.01. The highest BCUT2D eigenvalue weighted by Crippen LogP contribution is 2.22. The third-order valence-corrected chi connectivity index (χ3v) is 4.41. The molecule has 0 aromatic heterocycles. The van der Waals surface area contributed by atoms with Crippen molar-refractivity contribution in [3.05, 3.63) is 54.6 Å². The molecule has 0 bridgehead atoms. The Labute approximate surface area is 143 Å². The fourth-order valence-electron chi connectivity index (χ4n) is 3.01. The predicted octanol–water partition coefficient (Wildman–Crippen LogP) is 4.12. The number of carbonyl (C=O) groups is 1.